The Labute approximate surface area is 157 Å². The number of hydrogen-bond donors (Lipinski definition) is 1. The number of aryl methyl sites for hydroxylation is 1. The van der Waals surface area contributed by atoms with E-state index >= 15 is 0 Å². The third-order valence-electron chi connectivity index (χ3n) is 3.91. The van der Waals surface area contributed by atoms with Gasteiger partial charge >= 0.3 is 0 Å². The van der Waals surface area contributed by atoms with Crippen LogP contribution >= 0.6 is 22.9 Å². The van der Waals surface area contributed by atoms with E-state index in [9.17, 15) is 10.1 Å². The number of fused-ring (bicyclic) bond motifs is 1. The first-order valence-corrected chi connectivity index (χ1v) is 8.87. The Hall–Kier alpha value is -2.97. The highest BCUT2D eigenvalue weighted by Gasteiger charge is 2.13. The molecule has 9 heteroatoms. The molecule has 0 spiro atoms. The van der Waals surface area contributed by atoms with Crippen molar-refractivity contribution < 1.29 is 4.92 Å². The molecule has 0 aliphatic heterocycles. The summed E-state index contributed by atoms with van der Waals surface area (Å²) in [7, 11) is 0. The number of benzene rings is 1. The van der Waals surface area contributed by atoms with Gasteiger partial charge < -0.3 is 5.32 Å². The van der Waals surface area contributed by atoms with E-state index < -0.39 is 4.92 Å². The molecule has 0 aliphatic carbocycles. The van der Waals surface area contributed by atoms with Gasteiger partial charge in [0.15, 0.2) is 5.13 Å². The monoisotopic (exact) mass is 385 g/mol. The molecule has 4 rings (SSSR count). The van der Waals surface area contributed by atoms with E-state index in [2.05, 4.69) is 15.3 Å². The first-order valence-electron chi connectivity index (χ1n) is 7.62. The Morgan fingerprint density at radius 3 is 2.96 bits per heavy atom. The predicted molar refractivity (Wildman–Crippen MR) is 102 cm³/mol. The van der Waals surface area contributed by atoms with Gasteiger partial charge in [-0.05, 0) is 24.6 Å². The molecule has 130 valence electrons. The fourth-order valence-electron chi connectivity index (χ4n) is 2.57. The lowest BCUT2D eigenvalue weighted by Gasteiger charge is -2.06. The highest BCUT2D eigenvalue weighted by Crippen LogP contribution is 2.30. The molecule has 0 unspecified atom stereocenters. The minimum absolute atomic E-state index is 0.0336. The molecule has 0 radical (unpaired) electrons. The van der Waals surface area contributed by atoms with Crippen LogP contribution in [-0.4, -0.2) is 19.3 Å². The summed E-state index contributed by atoms with van der Waals surface area (Å²) in [5, 5.41) is 17.3. The van der Waals surface area contributed by atoms with Crippen molar-refractivity contribution in [2.75, 3.05) is 5.32 Å². The maximum Gasteiger partial charge on any atom is 0.271 e. The van der Waals surface area contributed by atoms with Crippen molar-refractivity contribution in [1.82, 2.24) is 14.4 Å². The smallest absolute Gasteiger partial charge is 0.271 e. The topological polar surface area (TPSA) is 85.4 Å². The van der Waals surface area contributed by atoms with E-state index in [4.69, 9.17) is 11.6 Å². The summed E-state index contributed by atoms with van der Waals surface area (Å²) in [5.41, 5.74) is 3.93. The summed E-state index contributed by atoms with van der Waals surface area (Å²) in [6, 6.07) is 8.32. The highest BCUT2D eigenvalue weighted by atomic mass is 35.5. The first-order chi connectivity index (χ1) is 12.5. The predicted octanol–water partition coefficient (Wildman–Crippen LogP) is 5.07. The molecule has 3 heterocycles. The lowest BCUT2D eigenvalue weighted by Crippen LogP contribution is -1.95. The lowest BCUT2D eigenvalue weighted by atomic mass is 10.2. The maximum atomic E-state index is 11.0. The van der Waals surface area contributed by atoms with E-state index in [0.29, 0.717) is 15.8 Å². The molecule has 26 heavy (non-hydrogen) atoms. The van der Waals surface area contributed by atoms with Crippen LogP contribution < -0.4 is 5.32 Å². The number of anilines is 2. The molecule has 0 aliphatic rings. The molecule has 0 amide bonds. The lowest BCUT2D eigenvalue weighted by molar-refractivity contribution is -0.384. The number of thiazole rings is 1. The Morgan fingerprint density at radius 1 is 1.31 bits per heavy atom. The zero-order valence-electron chi connectivity index (χ0n) is 13.5. The van der Waals surface area contributed by atoms with Gasteiger partial charge in [-0.15, -0.1) is 11.3 Å². The molecule has 1 N–H and O–H groups in total. The molecule has 4 aromatic rings. The van der Waals surface area contributed by atoms with Crippen molar-refractivity contribution in [3.05, 3.63) is 68.8 Å². The van der Waals surface area contributed by atoms with Crippen LogP contribution in [0.25, 0.3) is 17.0 Å². The Bertz CT molecular complexity index is 1140. The number of non-ortho nitro benzene ring substituents is 1. The van der Waals surface area contributed by atoms with Crippen LogP contribution in [0.4, 0.5) is 16.5 Å². The SMILES string of the molecule is Cc1ccc([N+](=O)[O-])cc1Nc1nc(-c2cnc3ccc(Cl)cn23)cs1. The highest BCUT2D eigenvalue weighted by molar-refractivity contribution is 7.14. The van der Waals surface area contributed by atoms with Crippen LogP contribution in [0.3, 0.4) is 0 Å². The fraction of sp³-hybridized carbons (Fsp3) is 0.0588. The number of nitrogens with zero attached hydrogens (tertiary/aromatic N) is 4. The van der Waals surface area contributed by atoms with Crippen molar-refractivity contribution in [1.29, 1.82) is 0 Å². The third kappa shape index (κ3) is 3.00. The average molecular weight is 386 g/mol. The number of aromatic nitrogens is 3. The van der Waals surface area contributed by atoms with Gasteiger partial charge in [-0.2, -0.15) is 0 Å². The number of nitrogens with one attached hydrogen (secondary N) is 1. The summed E-state index contributed by atoms with van der Waals surface area (Å²) >= 11 is 7.48. The molecule has 0 bridgehead atoms. The van der Waals surface area contributed by atoms with Gasteiger partial charge in [0.1, 0.15) is 11.3 Å². The van der Waals surface area contributed by atoms with Crippen LogP contribution in [-0.2, 0) is 0 Å². The normalized spacial score (nSPS) is 11.0. The van der Waals surface area contributed by atoms with Crippen LogP contribution in [0.2, 0.25) is 5.02 Å². The molecule has 0 atom stereocenters. The zero-order valence-corrected chi connectivity index (χ0v) is 15.1. The van der Waals surface area contributed by atoms with Crippen molar-refractivity contribution in [3.63, 3.8) is 0 Å². The van der Waals surface area contributed by atoms with Gasteiger partial charge in [0, 0.05) is 23.7 Å². The van der Waals surface area contributed by atoms with Crippen molar-refractivity contribution in [3.8, 4) is 11.4 Å². The Morgan fingerprint density at radius 2 is 2.15 bits per heavy atom. The van der Waals surface area contributed by atoms with Crippen molar-refractivity contribution >= 4 is 45.1 Å². The summed E-state index contributed by atoms with van der Waals surface area (Å²) in [4.78, 5) is 19.5. The van der Waals surface area contributed by atoms with Gasteiger partial charge in [0.2, 0.25) is 0 Å². The van der Waals surface area contributed by atoms with Crippen LogP contribution in [0.15, 0.2) is 48.1 Å². The third-order valence-corrected chi connectivity index (χ3v) is 4.89. The van der Waals surface area contributed by atoms with E-state index in [0.717, 1.165) is 22.6 Å². The first kappa shape index (κ1) is 16.5. The molecule has 1 aromatic carbocycles. The Kier molecular flexibility index (Phi) is 4.06. The second kappa shape index (κ2) is 6.40. The van der Waals surface area contributed by atoms with Gasteiger partial charge in [0.05, 0.1) is 27.5 Å². The van der Waals surface area contributed by atoms with Crippen molar-refractivity contribution in [2.45, 2.75) is 6.92 Å². The number of hydrogen-bond acceptors (Lipinski definition) is 6. The quantitative estimate of drug-likeness (QED) is 0.391. The van der Waals surface area contributed by atoms with Crippen LogP contribution in [0.1, 0.15) is 5.56 Å². The van der Waals surface area contributed by atoms with Crippen LogP contribution in [0, 0.1) is 17.0 Å². The molecule has 0 saturated carbocycles. The summed E-state index contributed by atoms with van der Waals surface area (Å²) in [6.07, 6.45) is 3.53. The zero-order chi connectivity index (χ0) is 18.3. The number of rotatable bonds is 4. The van der Waals surface area contributed by atoms with Gasteiger partial charge in [0.25, 0.3) is 5.69 Å². The largest absolute Gasteiger partial charge is 0.331 e. The summed E-state index contributed by atoms with van der Waals surface area (Å²) < 4.78 is 1.87. The molecular weight excluding hydrogens is 374 g/mol. The maximum absolute atomic E-state index is 11.0. The Balaban J connectivity index is 1.67. The van der Waals surface area contributed by atoms with E-state index in [-0.39, 0.29) is 5.69 Å². The summed E-state index contributed by atoms with van der Waals surface area (Å²) in [6.45, 7) is 1.88. The average Bonchev–Trinajstić information content (AvgIpc) is 3.22. The molecule has 7 nitrogen and oxygen atoms in total. The molecule has 3 aromatic heterocycles. The van der Waals surface area contributed by atoms with E-state index in [1.54, 1.807) is 24.5 Å². The number of pyridine rings is 1. The van der Waals surface area contributed by atoms with Crippen LogP contribution in [0.5, 0.6) is 0 Å². The van der Waals surface area contributed by atoms with Gasteiger partial charge in [-0.25, -0.2) is 9.97 Å². The molecule has 0 saturated heterocycles. The van der Waals surface area contributed by atoms with E-state index in [1.807, 2.05) is 22.8 Å². The number of imidazole rings is 1. The van der Waals surface area contributed by atoms with Crippen molar-refractivity contribution in [2.24, 2.45) is 0 Å². The fourth-order valence-corrected chi connectivity index (χ4v) is 3.44. The van der Waals surface area contributed by atoms with Gasteiger partial charge in [-0.3, -0.25) is 14.5 Å². The number of nitro groups is 1. The molecule has 0 fully saturated rings. The number of halogens is 1. The second-order valence-electron chi connectivity index (χ2n) is 5.64. The summed E-state index contributed by atoms with van der Waals surface area (Å²) in [5.74, 6) is 0. The minimum atomic E-state index is -0.417. The van der Waals surface area contributed by atoms with E-state index in [1.165, 1.54) is 23.5 Å². The molecular formula is C17H12ClN5O2S. The van der Waals surface area contributed by atoms with Gasteiger partial charge in [-0.1, -0.05) is 17.7 Å². The minimum Gasteiger partial charge on any atom is -0.331 e. The second-order valence-corrected chi connectivity index (χ2v) is 6.93. The standard InChI is InChI=1S/C17H12ClN5O2S/c1-10-2-4-12(23(24)25)6-13(10)20-17-21-14(9-26-17)15-7-19-16-5-3-11(18)8-22(15)16/h2-9H,1H3,(H,20,21). The number of nitro benzene ring substituents is 1.